The summed E-state index contributed by atoms with van der Waals surface area (Å²) in [6, 6.07) is 4.17. The van der Waals surface area contributed by atoms with Crippen molar-refractivity contribution in [1.29, 1.82) is 5.26 Å². The fourth-order valence-corrected chi connectivity index (χ4v) is 7.45. The molecule has 14 heteroatoms. The molecule has 0 amide bonds. The number of fused-ring (bicyclic) bond motifs is 3. The Morgan fingerprint density at radius 2 is 2.05 bits per heavy atom. The molecule has 0 spiro atoms. The molecule has 2 fully saturated rings. The van der Waals surface area contributed by atoms with E-state index in [-0.39, 0.29) is 54.3 Å². The zero-order chi connectivity index (χ0) is 28.6. The third-order valence-electron chi connectivity index (χ3n) is 7.60. The molecule has 4 aromatic rings. The summed E-state index contributed by atoms with van der Waals surface area (Å²) >= 11 is 2.37. The molecule has 40 heavy (non-hydrogen) atoms. The molecule has 0 unspecified atom stereocenters. The van der Waals surface area contributed by atoms with Gasteiger partial charge in [-0.1, -0.05) is 6.07 Å². The number of hydrogen-bond donors (Lipinski definition) is 1. The van der Waals surface area contributed by atoms with Gasteiger partial charge < -0.3 is 10.5 Å². The molecule has 2 aliphatic heterocycles. The summed E-state index contributed by atoms with van der Waals surface area (Å²) in [4.78, 5) is 10.3. The highest BCUT2D eigenvalue weighted by atomic mass is 127. The van der Waals surface area contributed by atoms with Crippen molar-refractivity contribution < 1.29 is 31.1 Å². The van der Waals surface area contributed by atoms with E-state index in [1.807, 2.05) is 4.90 Å². The zero-order valence-corrected chi connectivity index (χ0v) is 23.4. The number of ether oxygens (including phenoxy) is 1. The van der Waals surface area contributed by atoms with Crippen molar-refractivity contribution in [3.8, 4) is 23.2 Å². The smallest absolute Gasteiger partial charge is 0.417 e. The summed E-state index contributed by atoms with van der Waals surface area (Å²) in [5.41, 5.74) is 2.05. The number of thiophene rings is 1. The van der Waals surface area contributed by atoms with Crippen LogP contribution in [0.4, 0.5) is 31.3 Å². The molecule has 208 valence electrons. The van der Waals surface area contributed by atoms with Crippen molar-refractivity contribution in [3.05, 3.63) is 44.7 Å². The minimum Gasteiger partial charge on any atom is -0.461 e. The van der Waals surface area contributed by atoms with E-state index >= 15 is 4.39 Å². The molecule has 6 nitrogen and oxygen atoms in total. The summed E-state index contributed by atoms with van der Waals surface area (Å²) in [6.45, 7) is 1.06. The lowest BCUT2D eigenvalue weighted by Gasteiger charge is -2.30. The van der Waals surface area contributed by atoms with Gasteiger partial charge in [0, 0.05) is 29.3 Å². The van der Waals surface area contributed by atoms with E-state index in [9.17, 15) is 27.2 Å². The standard InChI is InChI=1S/C26H18F6IN5OS/c27-11-7-25(4-1-5-38(25)9-11)10-39-24-36-20-13(22(33)37-24)6-15(26(30,31)32)18(19(20)29)12-2-3-16(28)21-17(12)14(8-34)23(35)40-21/h2-3,6,11H,1,4-5,7,9-10,35H2/t11-,25+/m1/s1. The van der Waals surface area contributed by atoms with E-state index in [1.54, 1.807) is 28.7 Å². The fraction of sp³-hybridized carbons (Fsp3) is 0.346. The average molecular weight is 689 g/mol. The molecule has 2 aromatic carbocycles. The van der Waals surface area contributed by atoms with Crippen LogP contribution in [0.25, 0.3) is 32.1 Å². The largest absolute Gasteiger partial charge is 0.461 e. The third-order valence-corrected chi connectivity index (χ3v) is 9.45. The van der Waals surface area contributed by atoms with E-state index in [2.05, 4.69) is 9.97 Å². The van der Waals surface area contributed by atoms with Crippen LogP contribution in [0.15, 0.2) is 18.2 Å². The first-order valence-corrected chi connectivity index (χ1v) is 14.0. The second kappa shape index (κ2) is 9.59. The van der Waals surface area contributed by atoms with E-state index < -0.39 is 46.2 Å². The van der Waals surface area contributed by atoms with Gasteiger partial charge in [-0.25, -0.2) is 13.2 Å². The molecular weight excluding hydrogens is 671 g/mol. The Morgan fingerprint density at radius 1 is 1.27 bits per heavy atom. The zero-order valence-electron chi connectivity index (χ0n) is 20.4. The van der Waals surface area contributed by atoms with Crippen molar-refractivity contribution >= 4 is 59.9 Å². The van der Waals surface area contributed by atoms with Crippen LogP contribution in [0, 0.1) is 26.7 Å². The van der Waals surface area contributed by atoms with Gasteiger partial charge >= 0.3 is 12.2 Å². The molecule has 2 aromatic heterocycles. The fourth-order valence-electron chi connectivity index (χ4n) is 5.88. The van der Waals surface area contributed by atoms with Gasteiger partial charge in [0.2, 0.25) is 0 Å². The summed E-state index contributed by atoms with van der Waals surface area (Å²) in [6.07, 6.45) is -4.17. The highest BCUT2D eigenvalue weighted by molar-refractivity contribution is 14.1. The Bertz CT molecular complexity index is 1740. The van der Waals surface area contributed by atoms with E-state index in [0.717, 1.165) is 31.2 Å². The van der Waals surface area contributed by atoms with E-state index in [0.29, 0.717) is 24.3 Å². The minimum absolute atomic E-state index is 0.0193. The van der Waals surface area contributed by atoms with Gasteiger partial charge in [-0.15, -0.1) is 11.3 Å². The summed E-state index contributed by atoms with van der Waals surface area (Å²) < 4.78 is 93.7. The summed E-state index contributed by atoms with van der Waals surface area (Å²) in [5, 5.41) is 9.10. The van der Waals surface area contributed by atoms with Crippen LogP contribution in [0.3, 0.4) is 0 Å². The molecule has 0 bridgehead atoms. The molecular formula is C26H18F6IN5OS. The number of nitrogens with zero attached hydrogens (tertiary/aromatic N) is 4. The number of alkyl halides is 4. The Hall–Kier alpha value is -2.90. The molecule has 0 radical (unpaired) electrons. The predicted octanol–water partition coefficient (Wildman–Crippen LogP) is 6.82. The van der Waals surface area contributed by atoms with Crippen molar-refractivity contribution in [2.45, 2.75) is 37.1 Å². The first kappa shape index (κ1) is 27.3. The number of rotatable bonds is 4. The maximum atomic E-state index is 16.3. The van der Waals surface area contributed by atoms with Gasteiger partial charge in [-0.3, -0.25) is 4.90 Å². The van der Waals surface area contributed by atoms with Crippen LogP contribution in [-0.4, -0.2) is 46.3 Å². The maximum absolute atomic E-state index is 16.3. The number of benzene rings is 2. The number of nitrogen functional groups attached to an aromatic ring is 1. The van der Waals surface area contributed by atoms with Crippen LogP contribution in [-0.2, 0) is 6.18 Å². The number of aromatic nitrogens is 2. The van der Waals surface area contributed by atoms with Crippen LogP contribution in [0.2, 0.25) is 0 Å². The molecule has 2 atom stereocenters. The van der Waals surface area contributed by atoms with Gasteiger partial charge in [-0.05, 0) is 59.7 Å². The Kier molecular flexibility index (Phi) is 6.54. The minimum atomic E-state index is -5.02. The van der Waals surface area contributed by atoms with Crippen molar-refractivity contribution in [2.24, 2.45) is 0 Å². The molecule has 6 rings (SSSR count). The van der Waals surface area contributed by atoms with Gasteiger partial charge in [0.25, 0.3) is 0 Å². The summed E-state index contributed by atoms with van der Waals surface area (Å²) in [5.74, 6) is -2.14. The van der Waals surface area contributed by atoms with Crippen LogP contribution >= 0.6 is 33.9 Å². The lowest BCUT2D eigenvalue weighted by Crippen LogP contribution is -2.43. The highest BCUT2D eigenvalue weighted by Crippen LogP contribution is 2.47. The van der Waals surface area contributed by atoms with E-state index in [4.69, 9.17) is 10.5 Å². The third kappa shape index (κ3) is 4.24. The molecule has 0 aliphatic carbocycles. The maximum Gasteiger partial charge on any atom is 0.417 e. The Labute approximate surface area is 240 Å². The van der Waals surface area contributed by atoms with Crippen LogP contribution in [0.5, 0.6) is 6.01 Å². The average Bonchev–Trinajstić information content (AvgIpc) is 3.52. The van der Waals surface area contributed by atoms with Crippen LogP contribution in [0.1, 0.15) is 30.4 Å². The first-order valence-electron chi connectivity index (χ1n) is 12.1. The number of anilines is 1. The first-order chi connectivity index (χ1) is 18.9. The van der Waals surface area contributed by atoms with E-state index in [1.165, 1.54) is 0 Å². The molecule has 2 N–H and O–H groups in total. The van der Waals surface area contributed by atoms with Crippen LogP contribution < -0.4 is 10.5 Å². The van der Waals surface area contributed by atoms with Gasteiger partial charge in [0.15, 0.2) is 5.82 Å². The number of nitrogens with two attached hydrogens (primary N) is 1. The molecule has 0 saturated carbocycles. The molecule has 2 aliphatic rings. The van der Waals surface area contributed by atoms with Crippen molar-refractivity contribution in [1.82, 2.24) is 14.9 Å². The molecule has 2 saturated heterocycles. The predicted molar refractivity (Wildman–Crippen MR) is 146 cm³/mol. The lowest BCUT2D eigenvalue weighted by molar-refractivity contribution is -0.137. The second-order valence-corrected chi connectivity index (χ2v) is 12.0. The number of nitriles is 1. The topological polar surface area (TPSA) is 88.1 Å². The Balaban J connectivity index is 1.54. The SMILES string of the molecule is N#Cc1c(N)sc2c(F)ccc(-c3c(C(F)(F)F)cc4c(I)nc(OC[C@@]56CCCN5C[C@H](F)C6)nc4c3F)c12. The molecule has 4 heterocycles. The number of halogens is 7. The lowest BCUT2D eigenvalue weighted by atomic mass is 9.93. The van der Waals surface area contributed by atoms with Crippen molar-refractivity contribution in [2.75, 3.05) is 25.4 Å². The van der Waals surface area contributed by atoms with Gasteiger partial charge in [-0.2, -0.15) is 28.4 Å². The van der Waals surface area contributed by atoms with Gasteiger partial charge in [0.05, 0.1) is 21.4 Å². The monoisotopic (exact) mass is 689 g/mol. The Morgan fingerprint density at radius 3 is 2.77 bits per heavy atom. The second-order valence-electron chi connectivity index (χ2n) is 9.92. The normalized spacial score (nSPS) is 21.3. The summed E-state index contributed by atoms with van der Waals surface area (Å²) in [7, 11) is 0. The number of hydrogen-bond acceptors (Lipinski definition) is 7. The van der Waals surface area contributed by atoms with Gasteiger partial charge in [0.1, 0.15) is 38.9 Å². The van der Waals surface area contributed by atoms with Crippen molar-refractivity contribution in [3.63, 3.8) is 0 Å². The quantitative estimate of drug-likeness (QED) is 0.144. The highest BCUT2D eigenvalue weighted by Gasteiger charge is 2.49.